The first kappa shape index (κ1) is 30.2. The number of ether oxygens (including phenoxy) is 5. The molecule has 2 aromatic rings. The van der Waals surface area contributed by atoms with Crippen molar-refractivity contribution < 1.29 is 46.9 Å². The van der Waals surface area contributed by atoms with E-state index in [0.29, 0.717) is 24.9 Å². The first-order chi connectivity index (χ1) is 17.5. The Balaban J connectivity index is 1.85. The molecule has 1 unspecified atom stereocenters. The number of carbonyl (C=O) groups is 2. The molecular formula is C21H34N5O10P. The van der Waals surface area contributed by atoms with E-state index in [2.05, 4.69) is 15.1 Å². The number of aryl methyl sites for hydroxylation is 1. The third-order valence-electron chi connectivity index (χ3n) is 4.48. The van der Waals surface area contributed by atoms with Gasteiger partial charge in [0.15, 0.2) is 11.5 Å². The lowest BCUT2D eigenvalue weighted by molar-refractivity contribution is -0.0367. The maximum Gasteiger partial charge on any atom is 0.510 e. The second-order valence-electron chi connectivity index (χ2n) is 8.36. The van der Waals surface area contributed by atoms with Crippen LogP contribution in [-0.4, -0.2) is 70.1 Å². The molecule has 15 nitrogen and oxygen atoms in total. The Labute approximate surface area is 214 Å². The Bertz CT molecular complexity index is 1030. The summed E-state index contributed by atoms with van der Waals surface area (Å²) >= 11 is 0. The average Bonchev–Trinajstić information content (AvgIpc) is 3.21. The van der Waals surface area contributed by atoms with E-state index in [4.69, 9.17) is 38.5 Å². The van der Waals surface area contributed by atoms with Crippen molar-refractivity contribution in [3.8, 4) is 0 Å². The number of hydrogen-bond acceptors (Lipinski definition) is 14. The number of fused-ring (bicyclic) bond motifs is 1. The molecule has 37 heavy (non-hydrogen) atoms. The van der Waals surface area contributed by atoms with E-state index >= 15 is 0 Å². The van der Waals surface area contributed by atoms with Gasteiger partial charge in [0.1, 0.15) is 12.7 Å². The van der Waals surface area contributed by atoms with E-state index in [1.54, 1.807) is 45.3 Å². The van der Waals surface area contributed by atoms with E-state index in [1.807, 2.05) is 0 Å². The summed E-state index contributed by atoms with van der Waals surface area (Å²) in [5.41, 5.74) is 7.13. The molecule has 0 aromatic carbocycles. The lowest BCUT2D eigenvalue weighted by Crippen LogP contribution is -2.18. The first-order valence-electron chi connectivity index (χ1n) is 11.6. The van der Waals surface area contributed by atoms with Gasteiger partial charge in [-0.15, -0.1) is 0 Å². The van der Waals surface area contributed by atoms with E-state index in [9.17, 15) is 14.2 Å². The molecule has 208 valence electrons. The first-order valence-corrected chi connectivity index (χ1v) is 13.3. The van der Waals surface area contributed by atoms with Crippen LogP contribution in [0.4, 0.5) is 15.4 Å². The van der Waals surface area contributed by atoms with Crippen LogP contribution >= 0.6 is 7.60 Å². The molecule has 0 saturated carbocycles. The lowest BCUT2D eigenvalue weighted by atomic mass is 10.1. The fourth-order valence-corrected chi connectivity index (χ4v) is 3.89. The average molecular weight is 548 g/mol. The topological polar surface area (TPSA) is 185 Å². The number of aromatic nitrogens is 4. The minimum atomic E-state index is -4.01. The number of nitrogen functional groups attached to an aromatic ring is 1. The van der Waals surface area contributed by atoms with Crippen molar-refractivity contribution in [2.45, 2.75) is 72.2 Å². The van der Waals surface area contributed by atoms with E-state index < -0.39 is 52.0 Å². The van der Waals surface area contributed by atoms with Gasteiger partial charge in [-0.2, -0.15) is 5.10 Å². The van der Waals surface area contributed by atoms with Crippen molar-refractivity contribution in [1.29, 1.82) is 0 Å². The number of nitrogens with zero attached hydrogens (tertiary/aromatic N) is 4. The van der Waals surface area contributed by atoms with Crippen LogP contribution in [0, 0.1) is 0 Å². The molecule has 0 saturated heterocycles. The highest BCUT2D eigenvalue weighted by atomic mass is 31.2. The van der Waals surface area contributed by atoms with Crippen molar-refractivity contribution >= 4 is 31.4 Å². The van der Waals surface area contributed by atoms with Gasteiger partial charge in [-0.05, 0) is 53.9 Å². The summed E-state index contributed by atoms with van der Waals surface area (Å²) in [6.45, 7) is 6.88. The molecule has 0 bridgehead atoms. The largest absolute Gasteiger partial charge is 0.510 e. The molecule has 0 amide bonds. The molecule has 2 N–H and O–H groups in total. The Hall–Kier alpha value is -3.00. The third kappa shape index (κ3) is 10.9. The summed E-state index contributed by atoms with van der Waals surface area (Å²) in [7, 11) is -4.01. The van der Waals surface area contributed by atoms with Crippen LogP contribution in [0.1, 0.15) is 53.2 Å². The fraction of sp³-hybridized carbons (Fsp3) is 0.667. The van der Waals surface area contributed by atoms with Crippen LogP contribution < -0.4 is 5.73 Å². The summed E-state index contributed by atoms with van der Waals surface area (Å²) in [6.07, 6.45) is 1.27. The minimum Gasteiger partial charge on any atom is -0.432 e. The van der Waals surface area contributed by atoms with Crippen molar-refractivity contribution in [3.63, 3.8) is 0 Å². The molecule has 2 heterocycles. The molecular weight excluding hydrogens is 513 g/mol. The molecule has 2 aromatic heterocycles. The van der Waals surface area contributed by atoms with Gasteiger partial charge in [-0.3, -0.25) is 13.6 Å². The van der Waals surface area contributed by atoms with Crippen molar-refractivity contribution in [2.24, 2.45) is 0 Å². The van der Waals surface area contributed by atoms with Gasteiger partial charge in [0.2, 0.25) is 13.6 Å². The van der Waals surface area contributed by atoms with Crippen molar-refractivity contribution in [2.75, 3.05) is 25.7 Å². The second kappa shape index (κ2) is 14.7. The van der Waals surface area contributed by atoms with E-state index in [0.717, 1.165) is 5.69 Å². The number of imidazole rings is 1. The SMILES string of the molecule is CC(C)OC(=O)OCOP(=O)(COC(C)CCCc1cnc2c(N)ncnn12)OCOC(=O)OC(C)C. The number of hydrogen-bond donors (Lipinski definition) is 1. The standard InChI is InChI=1S/C21H34N5O10P/c1-14(2)35-20(27)30-11-33-37(29,34-12-31-21(28)36-15(3)4)13-32-16(5)7-6-8-17-9-23-19-18(22)24-10-25-26(17)19/h9-10,14-16H,6-8,11-13H2,1-5H3,(H2,22,24,25). The van der Waals surface area contributed by atoms with Crippen LogP contribution in [0.5, 0.6) is 0 Å². The van der Waals surface area contributed by atoms with Crippen molar-refractivity contribution in [3.05, 3.63) is 18.2 Å². The Morgan fingerprint density at radius 1 is 1.00 bits per heavy atom. The van der Waals surface area contributed by atoms with Crippen LogP contribution in [0.2, 0.25) is 0 Å². The monoisotopic (exact) mass is 547 g/mol. The summed E-state index contributed by atoms with van der Waals surface area (Å²) in [5.74, 6) is 0.289. The van der Waals surface area contributed by atoms with E-state index in [1.165, 1.54) is 6.33 Å². The number of carbonyl (C=O) groups excluding carboxylic acids is 2. The van der Waals surface area contributed by atoms with Crippen molar-refractivity contribution in [1.82, 2.24) is 19.6 Å². The maximum atomic E-state index is 13.1. The molecule has 0 spiro atoms. The van der Waals surface area contributed by atoms with Gasteiger partial charge in [0.05, 0.1) is 30.2 Å². The number of nitrogens with two attached hydrogens (primary N) is 1. The summed E-state index contributed by atoms with van der Waals surface area (Å²) in [5, 5.41) is 4.15. The summed E-state index contributed by atoms with van der Waals surface area (Å²) in [6, 6.07) is 0. The quantitative estimate of drug-likeness (QED) is 0.193. The fourth-order valence-electron chi connectivity index (χ4n) is 2.80. The zero-order valence-corrected chi connectivity index (χ0v) is 22.4. The Morgan fingerprint density at radius 3 is 2.16 bits per heavy atom. The third-order valence-corrected chi connectivity index (χ3v) is 5.94. The van der Waals surface area contributed by atoms with Gasteiger partial charge < -0.3 is 29.4 Å². The minimum absolute atomic E-state index is 0.289. The van der Waals surface area contributed by atoms with Crippen LogP contribution in [0.15, 0.2) is 12.5 Å². The molecule has 2 rings (SSSR count). The predicted molar refractivity (Wildman–Crippen MR) is 128 cm³/mol. The number of rotatable bonds is 15. The van der Waals surface area contributed by atoms with Gasteiger partial charge in [0.25, 0.3) is 0 Å². The van der Waals surface area contributed by atoms with Gasteiger partial charge in [-0.25, -0.2) is 24.1 Å². The van der Waals surface area contributed by atoms with Gasteiger partial charge in [0, 0.05) is 0 Å². The van der Waals surface area contributed by atoms with Gasteiger partial charge in [-0.1, -0.05) is 0 Å². The molecule has 0 aliphatic rings. The highest BCUT2D eigenvalue weighted by Gasteiger charge is 2.28. The van der Waals surface area contributed by atoms with Crippen LogP contribution in [0.3, 0.4) is 0 Å². The Kier molecular flexibility index (Phi) is 12.0. The molecule has 1 atom stereocenters. The Morgan fingerprint density at radius 2 is 1.59 bits per heavy atom. The normalized spacial score (nSPS) is 12.6. The maximum absolute atomic E-state index is 13.1. The smallest absolute Gasteiger partial charge is 0.432 e. The highest BCUT2D eigenvalue weighted by molar-refractivity contribution is 7.53. The van der Waals surface area contributed by atoms with E-state index in [-0.39, 0.29) is 11.9 Å². The molecule has 0 fully saturated rings. The van der Waals surface area contributed by atoms with Gasteiger partial charge >= 0.3 is 19.9 Å². The number of anilines is 1. The molecule has 0 aliphatic heterocycles. The van der Waals surface area contributed by atoms with Crippen LogP contribution in [-0.2, 0) is 43.7 Å². The zero-order valence-electron chi connectivity index (χ0n) is 21.5. The predicted octanol–water partition coefficient (Wildman–Crippen LogP) is 3.66. The lowest BCUT2D eigenvalue weighted by Gasteiger charge is -2.21. The summed E-state index contributed by atoms with van der Waals surface area (Å²) < 4.78 is 49.7. The summed E-state index contributed by atoms with van der Waals surface area (Å²) in [4.78, 5) is 31.2. The molecule has 16 heteroatoms. The second-order valence-corrected chi connectivity index (χ2v) is 10.4. The van der Waals surface area contributed by atoms with Crippen LogP contribution in [0.25, 0.3) is 5.65 Å². The molecule has 0 aliphatic carbocycles. The highest BCUT2D eigenvalue weighted by Crippen LogP contribution is 2.48. The zero-order chi connectivity index (χ0) is 27.4. The molecule has 0 radical (unpaired) electrons.